The highest BCUT2D eigenvalue weighted by molar-refractivity contribution is 5.93. The molecule has 4 aromatic carbocycles. The first kappa shape index (κ1) is 23.4. The van der Waals surface area contributed by atoms with Crippen molar-refractivity contribution in [3.05, 3.63) is 90.7 Å². The van der Waals surface area contributed by atoms with Gasteiger partial charge in [0.2, 0.25) is 0 Å². The van der Waals surface area contributed by atoms with Crippen molar-refractivity contribution in [1.82, 2.24) is 0 Å². The first-order chi connectivity index (χ1) is 16.6. The molecular weight excluding hydrogens is 427 g/mol. The molecule has 0 amide bonds. The minimum absolute atomic E-state index is 0.264. The van der Waals surface area contributed by atoms with Gasteiger partial charge in [0.05, 0.1) is 19.8 Å². The molecule has 3 nitrogen and oxygen atoms in total. The largest absolute Gasteiger partial charge is 0.494 e. The van der Waals surface area contributed by atoms with Crippen LogP contribution in [-0.4, -0.2) is 19.8 Å². The molecule has 4 aromatic rings. The van der Waals surface area contributed by atoms with E-state index < -0.39 is 0 Å². The molecule has 0 saturated carbocycles. The predicted molar refractivity (Wildman–Crippen MR) is 136 cm³/mol. The van der Waals surface area contributed by atoms with E-state index in [9.17, 15) is 4.39 Å². The monoisotopic (exact) mass is 456 g/mol. The van der Waals surface area contributed by atoms with Crippen LogP contribution in [0.1, 0.15) is 20.8 Å². The average Bonchev–Trinajstić information content (AvgIpc) is 2.86. The van der Waals surface area contributed by atoms with E-state index in [1.54, 1.807) is 12.1 Å². The summed E-state index contributed by atoms with van der Waals surface area (Å²) in [4.78, 5) is 0. The van der Waals surface area contributed by atoms with Gasteiger partial charge in [-0.25, -0.2) is 4.39 Å². The van der Waals surface area contributed by atoms with Crippen LogP contribution in [0.15, 0.2) is 84.9 Å². The maximum Gasteiger partial charge on any atom is 0.135 e. The van der Waals surface area contributed by atoms with Gasteiger partial charge in [0.15, 0.2) is 0 Å². The van der Waals surface area contributed by atoms with Crippen molar-refractivity contribution in [3.8, 4) is 50.6 Å². The van der Waals surface area contributed by atoms with Crippen LogP contribution < -0.4 is 14.2 Å². The molecule has 0 unspecified atom stereocenters. The van der Waals surface area contributed by atoms with Crippen molar-refractivity contribution in [2.24, 2.45) is 0 Å². The van der Waals surface area contributed by atoms with Crippen LogP contribution in [0.25, 0.3) is 33.4 Å². The molecule has 0 aliphatic heterocycles. The quantitative estimate of drug-likeness (QED) is 0.255. The van der Waals surface area contributed by atoms with E-state index in [2.05, 4.69) is 30.3 Å². The number of benzene rings is 4. The fourth-order valence-corrected chi connectivity index (χ4v) is 4.04. The smallest absolute Gasteiger partial charge is 0.135 e. The van der Waals surface area contributed by atoms with E-state index in [1.165, 1.54) is 12.1 Å². The normalized spacial score (nSPS) is 10.7. The molecule has 0 saturated heterocycles. The zero-order valence-electron chi connectivity index (χ0n) is 19.8. The standard InChI is InChI=1S/C30H29FO3/c1-4-32-25-15-9-21(10-16-25)27-19-20-28(22-7-13-24(31)14-8-22)30(34-6-3)29(27)23-11-17-26(18-12-23)33-5-2/h7-20H,4-6H2,1-3H3. The Balaban J connectivity index is 1.93. The first-order valence-corrected chi connectivity index (χ1v) is 11.7. The van der Waals surface area contributed by atoms with Gasteiger partial charge >= 0.3 is 0 Å². The van der Waals surface area contributed by atoms with Gasteiger partial charge in [-0.1, -0.05) is 42.5 Å². The van der Waals surface area contributed by atoms with Gasteiger partial charge in [0.1, 0.15) is 23.1 Å². The average molecular weight is 457 g/mol. The number of halogens is 1. The van der Waals surface area contributed by atoms with E-state index in [1.807, 2.05) is 51.1 Å². The first-order valence-electron chi connectivity index (χ1n) is 11.7. The zero-order chi connectivity index (χ0) is 23.9. The Morgan fingerprint density at radius 2 is 0.941 bits per heavy atom. The van der Waals surface area contributed by atoms with Crippen molar-refractivity contribution >= 4 is 0 Å². The Morgan fingerprint density at radius 3 is 1.47 bits per heavy atom. The topological polar surface area (TPSA) is 27.7 Å². The lowest BCUT2D eigenvalue weighted by molar-refractivity contribution is 0.340. The van der Waals surface area contributed by atoms with Crippen LogP contribution in [0.4, 0.5) is 4.39 Å². The summed E-state index contributed by atoms with van der Waals surface area (Å²) >= 11 is 0. The van der Waals surface area contributed by atoms with E-state index in [0.717, 1.165) is 50.6 Å². The van der Waals surface area contributed by atoms with Gasteiger partial charge < -0.3 is 14.2 Å². The Bertz CT molecular complexity index is 1210. The minimum Gasteiger partial charge on any atom is -0.494 e. The van der Waals surface area contributed by atoms with Crippen LogP contribution >= 0.6 is 0 Å². The molecule has 0 bridgehead atoms. The zero-order valence-corrected chi connectivity index (χ0v) is 19.8. The minimum atomic E-state index is -0.264. The summed E-state index contributed by atoms with van der Waals surface area (Å²) in [5.41, 5.74) is 5.91. The molecule has 0 fully saturated rings. The Hall–Kier alpha value is -3.79. The van der Waals surface area contributed by atoms with Crippen LogP contribution in [0, 0.1) is 5.82 Å². The maximum absolute atomic E-state index is 13.6. The van der Waals surface area contributed by atoms with Gasteiger partial charge in [-0.05, 0) is 85.5 Å². The fourth-order valence-electron chi connectivity index (χ4n) is 4.04. The molecule has 0 aliphatic carbocycles. The lowest BCUT2D eigenvalue weighted by Crippen LogP contribution is -2.00. The van der Waals surface area contributed by atoms with Gasteiger partial charge in [-0.3, -0.25) is 0 Å². The van der Waals surface area contributed by atoms with Gasteiger partial charge in [-0.2, -0.15) is 0 Å². The molecular formula is C30H29FO3. The summed E-state index contributed by atoms with van der Waals surface area (Å²) in [5, 5.41) is 0. The van der Waals surface area contributed by atoms with Crippen molar-refractivity contribution in [3.63, 3.8) is 0 Å². The molecule has 0 N–H and O–H groups in total. The van der Waals surface area contributed by atoms with Crippen LogP contribution in [0.2, 0.25) is 0 Å². The molecule has 4 rings (SSSR count). The molecule has 4 heteroatoms. The van der Waals surface area contributed by atoms with Crippen LogP contribution in [-0.2, 0) is 0 Å². The lowest BCUT2D eigenvalue weighted by atomic mass is 9.89. The van der Waals surface area contributed by atoms with E-state index in [-0.39, 0.29) is 5.82 Å². The summed E-state index contributed by atoms with van der Waals surface area (Å²) in [6.07, 6.45) is 0. The third kappa shape index (κ3) is 5.07. The summed E-state index contributed by atoms with van der Waals surface area (Å²) < 4.78 is 31.2. The Morgan fingerprint density at radius 1 is 0.500 bits per heavy atom. The summed E-state index contributed by atoms with van der Waals surface area (Å²) in [6.45, 7) is 7.65. The number of ether oxygens (including phenoxy) is 3. The molecule has 0 radical (unpaired) electrons. The second-order valence-corrected chi connectivity index (χ2v) is 7.72. The van der Waals surface area contributed by atoms with Crippen molar-refractivity contribution < 1.29 is 18.6 Å². The molecule has 34 heavy (non-hydrogen) atoms. The van der Waals surface area contributed by atoms with Crippen molar-refractivity contribution in [1.29, 1.82) is 0 Å². The molecule has 174 valence electrons. The molecule has 0 spiro atoms. The predicted octanol–water partition coefficient (Wildman–Crippen LogP) is 8.02. The van der Waals surface area contributed by atoms with Gasteiger partial charge in [0, 0.05) is 11.1 Å². The van der Waals surface area contributed by atoms with E-state index in [4.69, 9.17) is 14.2 Å². The third-order valence-electron chi connectivity index (χ3n) is 5.53. The van der Waals surface area contributed by atoms with E-state index >= 15 is 0 Å². The number of hydrogen-bond donors (Lipinski definition) is 0. The summed E-state index contributed by atoms with van der Waals surface area (Å²) in [5.74, 6) is 2.16. The Labute approximate surface area is 200 Å². The highest BCUT2D eigenvalue weighted by Crippen LogP contribution is 2.45. The maximum atomic E-state index is 13.6. The van der Waals surface area contributed by atoms with Crippen LogP contribution in [0.5, 0.6) is 17.2 Å². The summed E-state index contributed by atoms with van der Waals surface area (Å²) in [6, 6.07) is 26.8. The molecule has 0 aromatic heterocycles. The number of hydrogen-bond acceptors (Lipinski definition) is 3. The highest BCUT2D eigenvalue weighted by atomic mass is 19.1. The molecule has 0 atom stereocenters. The second-order valence-electron chi connectivity index (χ2n) is 7.72. The second kappa shape index (κ2) is 10.9. The van der Waals surface area contributed by atoms with Crippen LogP contribution in [0.3, 0.4) is 0 Å². The van der Waals surface area contributed by atoms with Crippen molar-refractivity contribution in [2.45, 2.75) is 20.8 Å². The molecule has 0 aliphatic rings. The van der Waals surface area contributed by atoms with Gasteiger partial charge in [0.25, 0.3) is 0 Å². The molecule has 0 heterocycles. The number of rotatable bonds is 9. The lowest BCUT2D eigenvalue weighted by Gasteiger charge is -2.20. The SMILES string of the molecule is CCOc1ccc(-c2ccc(-c3ccc(F)cc3)c(OCC)c2-c2ccc(OCC)cc2)cc1. The fraction of sp³-hybridized carbons (Fsp3) is 0.200. The van der Waals surface area contributed by atoms with Gasteiger partial charge in [-0.15, -0.1) is 0 Å². The van der Waals surface area contributed by atoms with Crippen molar-refractivity contribution in [2.75, 3.05) is 19.8 Å². The third-order valence-corrected chi connectivity index (χ3v) is 5.53. The highest BCUT2D eigenvalue weighted by Gasteiger charge is 2.19. The van der Waals surface area contributed by atoms with E-state index in [0.29, 0.717) is 19.8 Å². The Kier molecular flexibility index (Phi) is 7.48. The summed E-state index contributed by atoms with van der Waals surface area (Å²) in [7, 11) is 0.